The summed E-state index contributed by atoms with van der Waals surface area (Å²) in [6.07, 6.45) is 3.88. The molecule has 0 spiro atoms. The Kier molecular flexibility index (Phi) is 6.93. The molecule has 184 valence electrons. The molecule has 2 aliphatic rings. The molecule has 3 heterocycles. The van der Waals surface area contributed by atoms with Crippen LogP contribution in [0.5, 0.6) is 0 Å². The summed E-state index contributed by atoms with van der Waals surface area (Å²) < 4.78 is 33.3. The third-order valence-corrected chi connectivity index (χ3v) is 5.94. The van der Waals surface area contributed by atoms with Gasteiger partial charge in [0.1, 0.15) is 16.9 Å². The number of esters is 1. The van der Waals surface area contributed by atoms with E-state index in [1.807, 2.05) is 26.8 Å². The molecule has 1 unspecified atom stereocenters. The normalized spacial score (nSPS) is 18.6. The molecule has 1 aromatic carbocycles. The van der Waals surface area contributed by atoms with Gasteiger partial charge in [-0.3, -0.25) is 0 Å². The highest BCUT2D eigenvalue weighted by atomic mass is 19.1. The van der Waals surface area contributed by atoms with Crippen molar-refractivity contribution in [3.8, 4) is 0 Å². The fourth-order valence-electron chi connectivity index (χ4n) is 4.12. The van der Waals surface area contributed by atoms with Crippen LogP contribution in [0.2, 0.25) is 0 Å². The largest absolute Gasteiger partial charge is 0.462 e. The maximum atomic E-state index is 15.5. The lowest BCUT2D eigenvalue weighted by Crippen LogP contribution is -2.40. The first kappa shape index (κ1) is 24.2. The van der Waals surface area contributed by atoms with Crippen molar-refractivity contribution in [3.63, 3.8) is 0 Å². The maximum absolute atomic E-state index is 15.5. The molecule has 2 fully saturated rings. The van der Waals surface area contributed by atoms with Crippen molar-refractivity contribution in [2.24, 2.45) is 0 Å². The third kappa shape index (κ3) is 5.24. The molecule has 0 bridgehead atoms. The SMILES string of the molecule is CCOC(=O)c1ccc2nc(C=C3CCN(C(=O)OC(C)(C)C)CC3)n(CC3CCO3)c2c1F. The first-order valence-corrected chi connectivity index (χ1v) is 11.8. The van der Waals surface area contributed by atoms with Crippen LogP contribution in [-0.2, 0) is 20.8 Å². The minimum absolute atomic E-state index is 0.0192. The number of carbonyl (C=O) groups is 2. The molecule has 9 heteroatoms. The second-order valence-corrected chi connectivity index (χ2v) is 9.65. The van der Waals surface area contributed by atoms with E-state index in [1.165, 1.54) is 6.07 Å². The number of rotatable bonds is 5. The Morgan fingerprint density at radius 3 is 2.56 bits per heavy atom. The van der Waals surface area contributed by atoms with Gasteiger partial charge in [-0.15, -0.1) is 0 Å². The zero-order chi connectivity index (χ0) is 24.5. The molecule has 2 aliphatic heterocycles. The van der Waals surface area contributed by atoms with Crippen LogP contribution >= 0.6 is 0 Å². The topological polar surface area (TPSA) is 82.9 Å². The van der Waals surface area contributed by atoms with E-state index in [1.54, 1.807) is 22.5 Å². The van der Waals surface area contributed by atoms with Gasteiger partial charge in [-0.2, -0.15) is 0 Å². The summed E-state index contributed by atoms with van der Waals surface area (Å²) in [6, 6.07) is 3.07. The van der Waals surface area contributed by atoms with Crippen LogP contribution in [-0.4, -0.2) is 64.5 Å². The van der Waals surface area contributed by atoms with E-state index < -0.39 is 17.4 Å². The molecule has 2 aromatic rings. The lowest BCUT2D eigenvalue weighted by molar-refractivity contribution is -0.0588. The molecule has 34 heavy (non-hydrogen) atoms. The van der Waals surface area contributed by atoms with E-state index in [9.17, 15) is 9.59 Å². The van der Waals surface area contributed by atoms with Gasteiger partial charge in [0.25, 0.3) is 0 Å². The first-order valence-electron chi connectivity index (χ1n) is 11.8. The molecule has 1 amide bonds. The molecule has 0 saturated carbocycles. The van der Waals surface area contributed by atoms with E-state index >= 15 is 4.39 Å². The fraction of sp³-hybridized carbons (Fsp3) is 0.560. The summed E-state index contributed by atoms with van der Waals surface area (Å²) in [5.41, 5.74) is 1.24. The number of carbonyl (C=O) groups excluding carboxylic acids is 2. The predicted molar refractivity (Wildman–Crippen MR) is 125 cm³/mol. The van der Waals surface area contributed by atoms with Gasteiger partial charge >= 0.3 is 12.1 Å². The zero-order valence-electron chi connectivity index (χ0n) is 20.2. The Morgan fingerprint density at radius 2 is 1.97 bits per heavy atom. The summed E-state index contributed by atoms with van der Waals surface area (Å²) in [4.78, 5) is 31.0. The third-order valence-electron chi connectivity index (χ3n) is 5.94. The fourth-order valence-corrected chi connectivity index (χ4v) is 4.12. The van der Waals surface area contributed by atoms with E-state index in [0.717, 1.165) is 12.0 Å². The smallest absolute Gasteiger partial charge is 0.410 e. The van der Waals surface area contributed by atoms with Gasteiger partial charge < -0.3 is 23.7 Å². The molecular formula is C25H32FN3O5. The van der Waals surface area contributed by atoms with Gasteiger partial charge in [0, 0.05) is 19.7 Å². The van der Waals surface area contributed by atoms with Gasteiger partial charge in [-0.1, -0.05) is 5.57 Å². The minimum Gasteiger partial charge on any atom is -0.462 e. The number of nitrogens with zero attached hydrogens (tertiary/aromatic N) is 3. The van der Waals surface area contributed by atoms with Gasteiger partial charge in [-0.25, -0.2) is 19.0 Å². The number of ether oxygens (including phenoxy) is 3. The number of imidazole rings is 1. The lowest BCUT2D eigenvalue weighted by Gasteiger charge is -2.31. The van der Waals surface area contributed by atoms with Crippen LogP contribution in [0.25, 0.3) is 17.1 Å². The Morgan fingerprint density at radius 1 is 1.26 bits per heavy atom. The molecule has 0 aliphatic carbocycles. The first-order chi connectivity index (χ1) is 16.2. The van der Waals surface area contributed by atoms with Crippen LogP contribution in [0, 0.1) is 5.82 Å². The molecule has 0 radical (unpaired) electrons. The summed E-state index contributed by atoms with van der Waals surface area (Å²) in [5, 5.41) is 0. The molecule has 8 nitrogen and oxygen atoms in total. The molecule has 2 saturated heterocycles. The van der Waals surface area contributed by atoms with Crippen LogP contribution in [0.4, 0.5) is 9.18 Å². The van der Waals surface area contributed by atoms with Crippen molar-refractivity contribution in [2.45, 2.75) is 65.2 Å². The maximum Gasteiger partial charge on any atom is 0.410 e. The number of aromatic nitrogens is 2. The van der Waals surface area contributed by atoms with Crippen LogP contribution < -0.4 is 0 Å². The molecule has 1 aromatic heterocycles. The summed E-state index contributed by atoms with van der Waals surface area (Å²) in [7, 11) is 0. The number of amides is 1. The second-order valence-electron chi connectivity index (χ2n) is 9.65. The summed E-state index contributed by atoms with van der Waals surface area (Å²) in [6.45, 7) is 9.64. The summed E-state index contributed by atoms with van der Waals surface area (Å²) >= 11 is 0. The summed E-state index contributed by atoms with van der Waals surface area (Å²) in [5.74, 6) is -0.706. The van der Waals surface area contributed by atoms with Gasteiger partial charge in [0.05, 0.1) is 30.3 Å². The van der Waals surface area contributed by atoms with E-state index in [4.69, 9.17) is 14.2 Å². The van der Waals surface area contributed by atoms with Crippen molar-refractivity contribution in [1.29, 1.82) is 0 Å². The Balaban J connectivity index is 1.61. The highest BCUT2D eigenvalue weighted by Gasteiger charge is 2.27. The number of benzene rings is 1. The van der Waals surface area contributed by atoms with E-state index in [2.05, 4.69) is 4.98 Å². The molecule has 0 N–H and O–H groups in total. The quantitative estimate of drug-likeness (QED) is 0.593. The minimum atomic E-state index is -0.691. The zero-order valence-corrected chi connectivity index (χ0v) is 20.2. The van der Waals surface area contributed by atoms with Crippen LogP contribution in [0.3, 0.4) is 0 Å². The standard InChI is InChI=1S/C25H32FN3O5/c1-5-32-23(30)18-6-7-19-22(21(18)26)29(15-17-10-13-33-17)20(27-19)14-16-8-11-28(12-9-16)24(31)34-25(2,3)4/h6-7,14,17H,5,8-13,15H2,1-4H3. The predicted octanol–water partition coefficient (Wildman–Crippen LogP) is 4.56. The monoisotopic (exact) mass is 473 g/mol. The second kappa shape index (κ2) is 9.74. The molecule has 1 atom stereocenters. The number of hydrogen-bond donors (Lipinski definition) is 0. The van der Waals surface area contributed by atoms with Crippen LogP contribution in [0.15, 0.2) is 17.7 Å². The van der Waals surface area contributed by atoms with Crippen molar-refractivity contribution < 1.29 is 28.2 Å². The number of hydrogen-bond acceptors (Lipinski definition) is 6. The van der Waals surface area contributed by atoms with E-state index in [-0.39, 0.29) is 29.9 Å². The number of likely N-dealkylation sites (tertiary alicyclic amines) is 1. The molecule has 4 rings (SSSR count). The van der Waals surface area contributed by atoms with E-state index in [0.29, 0.717) is 50.4 Å². The van der Waals surface area contributed by atoms with Crippen molar-refractivity contribution >= 4 is 29.2 Å². The number of halogens is 1. The van der Waals surface area contributed by atoms with Crippen molar-refractivity contribution in [2.75, 3.05) is 26.3 Å². The van der Waals surface area contributed by atoms with Gasteiger partial charge in [-0.05, 0) is 65.2 Å². The van der Waals surface area contributed by atoms with Gasteiger partial charge in [0.15, 0.2) is 5.82 Å². The average molecular weight is 474 g/mol. The average Bonchev–Trinajstić information content (AvgIpc) is 3.08. The Hall–Kier alpha value is -2.94. The number of piperidine rings is 1. The van der Waals surface area contributed by atoms with Crippen molar-refractivity contribution in [3.05, 3.63) is 34.9 Å². The number of fused-ring (bicyclic) bond motifs is 1. The molecular weight excluding hydrogens is 441 g/mol. The Labute approximate surface area is 198 Å². The van der Waals surface area contributed by atoms with Crippen LogP contribution in [0.1, 0.15) is 63.1 Å². The van der Waals surface area contributed by atoms with Crippen molar-refractivity contribution in [1.82, 2.24) is 14.5 Å². The highest BCUT2D eigenvalue weighted by Crippen LogP contribution is 2.28. The Bertz CT molecular complexity index is 1100. The highest BCUT2D eigenvalue weighted by molar-refractivity contribution is 5.94. The van der Waals surface area contributed by atoms with Gasteiger partial charge in [0.2, 0.25) is 0 Å². The lowest BCUT2D eigenvalue weighted by atomic mass is 10.0.